The summed E-state index contributed by atoms with van der Waals surface area (Å²) in [5.74, 6) is -7.27. The van der Waals surface area contributed by atoms with E-state index in [0.717, 1.165) is 56.7 Å². The van der Waals surface area contributed by atoms with Crippen LogP contribution < -0.4 is 31.5 Å². The lowest BCUT2D eigenvalue weighted by molar-refractivity contribution is -0.142. The number of hydrogen-bond acceptors (Lipinski definition) is 25. The highest BCUT2D eigenvalue weighted by Gasteiger charge is 2.34. The molecular weight excluding hydrogens is 1360 g/mol. The van der Waals surface area contributed by atoms with E-state index in [1.165, 1.54) is 35.8 Å². The molecule has 0 spiro atoms. The number of fused-ring (bicyclic) bond motifs is 14. The number of carbonyl (C=O) groups is 9. The van der Waals surface area contributed by atoms with E-state index in [2.05, 4.69) is 36.6 Å². The minimum atomic E-state index is -1.33. The summed E-state index contributed by atoms with van der Waals surface area (Å²) in [4.78, 5) is 154. The van der Waals surface area contributed by atoms with Gasteiger partial charge in [-0.15, -0.1) is 68.0 Å². The molecule has 9 rings (SSSR count). The normalized spacial score (nSPS) is 15.9. The van der Waals surface area contributed by atoms with Crippen LogP contribution in [0, 0.1) is 18.8 Å². The molecule has 0 saturated carbocycles. The van der Waals surface area contributed by atoms with E-state index in [9.17, 15) is 58.5 Å². The Bertz CT molecular complexity index is 4130. The summed E-state index contributed by atoms with van der Waals surface area (Å²) in [6.07, 6.45) is -1.55. The van der Waals surface area contributed by atoms with Gasteiger partial charge >= 0.3 is 24.0 Å². The van der Waals surface area contributed by atoms with Gasteiger partial charge in [0.2, 0.25) is 11.8 Å². The van der Waals surface area contributed by atoms with Crippen LogP contribution in [-0.2, 0) is 40.1 Å². The molecule has 1 aliphatic rings. The second-order valence-electron chi connectivity index (χ2n) is 22.2. The Morgan fingerprint density at radius 1 is 0.667 bits per heavy atom. The fourth-order valence-electron chi connectivity index (χ4n) is 9.97. The maximum Gasteiger partial charge on any atom is 0.415 e. The second-order valence-corrected chi connectivity index (χ2v) is 28.0. The summed E-state index contributed by atoms with van der Waals surface area (Å²) in [6, 6.07) is 9.09. The van der Waals surface area contributed by atoms with Crippen LogP contribution in [0.15, 0.2) is 64.0 Å². The van der Waals surface area contributed by atoms with Gasteiger partial charge in [0, 0.05) is 65.5 Å². The highest BCUT2D eigenvalue weighted by Crippen LogP contribution is 2.41. The zero-order chi connectivity index (χ0) is 68.7. The molecule has 0 fully saturated rings. The first-order valence-electron chi connectivity index (χ1n) is 30.1. The van der Waals surface area contributed by atoms with Gasteiger partial charge in [-0.1, -0.05) is 50.6 Å². The highest BCUT2D eigenvalue weighted by atomic mass is 32.1. The van der Waals surface area contributed by atoms with Crippen LogP contribution in [0.2, 0.25) is 0 Å². The van der Waals surface area contributed by atoms with Crippen LogP contribution in [-0.4, -0.2) is 143 Å². The zero-order valence-corrected chi connectivity index (χ0v) is 57.2. The number of carboxylic acids is 3. The number of amides is 6. The summed E-state index contributed by atoms with van der Waals surface area (Å²) >= 11 is 6.86. The van der Waals surface area contributed by atoms with Gasteiger partial charge < -0.3 is 56.5 Å². The van der Waals surface area contributed by atoms with E-state index in [-0.39, 0.29) is 111 Å². The molecule has 8 aromatic rings. The standard InChI is InChI=1S/C62H67N13O15S6/c1-30(2)46-60-74-49(40(96-60)25-89-5)53(84)64-24-43(77)71-50(51(82)32-13-7-6-8-14-32)59-69-39(28-93-59)57-67-37(26-92-57)48-34(55-68-38(27-91-55)52(83)66-36(23-42(76)63-4)58-73-47(31(3)95-58)54(85)72-46)18-19-35(65-48)56-70-41(29-94-56)75(21-12-11-17-45(80)81)62(88)90-22-20-33(61(86)87)15-9-10-16-44(78)79/h6-8,13-14,18-19,26-30,33,36,46,50-51,82H,9-12,15-17,20-25H2,1-5H3,(H,63,76)(H,64,84)(H,66,83)(H,71,77)(H,72,85)(H,78,79)(H,80,81)(H,86,87)/t33?,36-,46-,50-,51-/m0/s1. The number of aryl methyl sites for hydroxylation is 1. The average Bonchev–Trinajstić information content (AvgIpc) is 1.61. The van der Waals surface area contributed by atoms with Crippen molar-refractivity contribution in [2.75, 3.05) is 38.8 Å². The van der Waals surface area contributed by atoms with E-state index >= 15 is 0 Å². The average molecular weight is 1430 g/mol. The SMILES string of the molecule is CNC(=O)C[C@@H]1NC(=O)c2csc(n2)-c2ccc(-c3nc(N(CCCCC(=O)O)C(=O)OCCC(CCCCC(=O)O)C(=O)O)cs3)nc2-c2csc(n2)-c2csc(n2)[C@H]([C@@H](O)c2ccccc2)NC(=O)CNC(=O)c2nc(sc2COC)[C@H](C(C)C)NC(=O)c2nc1sc2C. The van der Waals surface area contributed by atoms with Gasteiger partial charge in [-0.3, -0.25) is 43.3 Å². The number of pyridine rings is 1. The molecular formula is C62H67N13O15S6. The Labute approximate surface area is 573 Å². The maximum absolute atomic E-state index is 14.4. The van der Waals surface area contributed by atoms with Crippen molar-refractivity contribution < 1.29 is 73.1 Å². The smallest absolute Gasteiger partial charge is 0.415 e. The number of aliphatic hydroxyl groups excluding tert-OH is 1. The van der Waals surface area contributed by atoms with E-state index in [1.807, 2.05) is 13.8 Å². The summed E-state index contributed by atoms with van der Waals surface area (Å²) in [7, 11) is 2.90. The molecule has 8 heterocycles. The number of thiazole rings is 6. The monoisotopic (exact) mass is 1430 g/mol. The summed E-state index contributed by atoms with van der Waals surface area (Å²) in [6.45, 7) is 4.53. The fraction of sp³-hybridized carbons (Fsp3) is 0.387. The Balaban J connectivity index is 1.09. The molecule has 0 saturated heterocycles. The first-order valence-corrected chi connectivity index (χ1v) is 35.3. The molecule has 5 atom stereocenters. The Hall–Kier alpha value is -8.90. The number of unbranched alkanes of at least 4 members (excludes halogenated alkanes) is 2. The summed E-state index contributed by atoms with van der Waals surface area (Å²) < 4.78 is 11.1. The third-order valence-electron chi connectivity index (χ3n) is 15.0. The number of aliphatic carboxylic acids is 3. The van der Waals surface area contributed by atoms with Gasteiger partial charge in [0.15, 0.2) is 0 Å². The van der Waals surface area contributed by atoms with E-state index in [4.69, 9.17) is 39.5 Å². The fourth-order valence-corrected chi connectivity index (χ4v) is 15.5. The lowest BCUT2D eigenvalue weighted by atomic mass is 9.98. The second kappa shape index (κ2) is 33.2. The number of methoxy groups -OCH3 is 1. The first kappa shape index (κ1) is 71.4. The lowest BCUT2D eigenvalue weighted by Gasteiger charge is -2.23. The van der Waals surface area contributed by atoms with E-state index < -0.39 is 90.2 Å². The van der Waals surface area contributed by atoms with Crippen molar-refractivity contribution in [1.82, 2.24) is 61.5 Å². The number of anilines is 1. The van der Waals surface area contributed by atoms with Crippen LogP contribution in [0.1, 0.15) is 158 Å². The van der Waals surface area contributed by atoms with Gasteiger partial charge in [-0.05, 0) is 62.6 Å². The van der Waals surface area contributed by atoms with Crippen molar-refractivity contribution in [3.63, 3.8) is 0 Å². The van der Waals surface area contributed by atoms with Gasteiger partial charge in [0.1, 0.15) is 82.2 Å². The minimum Gasteiger partial charge on any atom is -0.481 e. The van der Waals surface area contributed by atoms with E-state index in [1.54, 1.807) is 65.5 Å². The van der Waals surface area contributed by atoms with Crippen molar-refractivity contribution in [1.29, 1.82) is 0 Å². The largest absolute Gasteiger partial charge is 0.481 e. The molecule has 1 aromatic carbocycles. The quantitative estimate of drug-likeness (QED) is 0.0269. The molecule has 506 valence electrons. The Kier molecular flexibility index (Phi) is 24.7. The highest BCUT2D eigenvalue weighted by molar-refractivity contribution is 7.15. The third-order valence-corrected chi connectivity index (χ3v) is 20.7. The van der Waals surface area contributed by atoms with Gasteiger partial charge in [-0.25, -0.2) is 39.7 Å². The lowest BCUT2D eigenvalue weighted by Crippen LogP contribution is -2.40. The van der Waals surface area contributed by atoms with Gasteiger partial charge in [0.05, 0.1) is 54.8 Å². The van der Waals surface area contributed by atoms with Gasteiger partial charge in [-0.2, -0.15) is 0 Å². The molecule has 28 nitrogen and oxygen atoms in total. The Morgan fingerprint density at radius 3 is 2.07 bits per heavy atom. The molecule has 1 aliphatic heterocycles. The predicted molar refractivity (Wildman–Crippen MR) is 359 cm³/mol. The van der Waals surface area contributed by atoms with Crippen LogP contribution in [0.3, 0.4) is 0 Å². The van der Waals surface area contributed by atoms with Crippen molar-refractivity contribution in [3.8, 4) is 43.4 Å². The third kappa shape index (κ3) is 18.2. The van der Waals surface area contributed by atoms with E-state index in [0.29, 0.717) is 69.4 Å². The molecule has 10 bridgehead atoms. The number of hydrogen-bond donors (Lipinski definition) is 9. The number of carboxylic acid groups (broad SMARTS) is 3. The number of ether oxygens (including phenoxy) is 2. The predicted octanol–water partition coefficient (Wildman–Crippen LogP) is 9.25. The summed E-state index contributed by atoms with van der Waals surface area (Å²) in [5, 5.41) is 62.8. The maximum atomic E-state index is 14.4. The topological polar surface area (TPSA) is 407 Å². The number of rotatable bonds is 23. The summed E-state index contributed by atoms with van der Waals surface area (Å²) in [5.41, 5.74) is 2.11. The van der Waals surface area contributed by atoms with Gasteiger partial charge in [0.25, 0.3) is 17.7 Å². The molecule has 9 N–H and O–H groups in total. The van der Waals surface area contributed by atoms with Crippen molar-refractivity contribution in [2.45, 2.75) is 109 Å². The molecule has 0 aliphatic carbocycles. The number of nitrogens with zero attached hydrogens (tertiary/aromatic N) is 8. The van der Waals surface area contributed by atoms with Crippen LogP contribution >= 0.6 is 68.0 Å². The number of nitrogens with one attached hydrogen (secondary N) is 5. The van der Waals surface area contributed by atoms with Crippen LogP contribution in [0.4, 0.5) is 10.6 Å². The molecule has 1 unspecified atom stereocenters. The van der Waals surface area contributed by atoms with Crippen molar-refractivity contribution in [3.05, 3.63) is 111 Å². The first-order chi connectivity index (χ1) is 46.1. The van der Waals surface area contributed by atoms with Crippen LogP contribution in [0.25, 0.3) is 43.4 Å². The molecule has 0 radical (unpaired) electrons. The minimum absolute atomic E-state index is 0.0151. The molecule has 6 amide bonds. The Morgan fingerprint density at radius 2 is 1.35 bits per heavy atom. The number of carbonyl (C=O) groups excluding carboxylic acids is 6. The molecule has 96 heavy (non-hydrogen) atoms. The zero-order valence-electron chi connectivity index (χ0n) is 52.3. The van der Waals surface area contributed by atoms with Crippen molar-refractivity contribution >= 4 is 127 Å². The van der Waals surface area contributed by atoms with Crippen molar-refractivity contribution in [2.24, 2.45) is 11.8 Å². The number of aromatic nitrogens is 7. The molecule has 7 aromatic heterocycles. The van der Waals surface area contributed by atoms with Crippen LogP contribution in [0.5, 0.6) is 0 Å². The molecule has 34 heteroatoms. The number of aliphatic hydroxyl groups is 1. The number of benzene rings is 1.